The van der Waals surface area contributed by atoms with Crippen molar-refractivity contribution in [1.82, 2.24) is 20.2 Å². The Morgan fingerprint density at radius 2 is 1.92 bits per heavy atom. The van der Waals surface area contributed by atoms with Crippen LogP contribution in [0.2, 0.25) is 0 Å². The van der Waals surface area contributed by atoms with Crippen LogP contribution in [0.5, 0.6) is 0 Å². The van der Waals surface area contributed by atoms with Crippen molar-refractivity contribution in [2.24, 2.45) is 0 Å². The van der Waals surface area contributed by atoms with Crippen LogP contribution in [0.25, 0.3) is 10.9 Å². The largest absolute Gasteiger partial charge is 0.385 e. The molecule has 0 radical (unpaired) electrons. The van der Waals surface area contributed by atoms with Crippen molar-refractivity contribution in [1.29, 1.82) is 0 Å². The molecule has 0 atom stereocenters. The molecule has 25 heavy (non-hydrogen) atoms. The number of carbonyl (C=O) groups is 2. The van der Waals surface area contributed by atoms with Gasteiger partial charge in [0.1, 0.15) is 6.54 Å². The summed E-state index contributed by atoms with van der Waals surface area (Å²) in [5, 5.41) is 5.83. The maximum absolute atomic E-state index is 12.3. The van der Waals surface area contributed by atoms with E-state index in [1.807, 2.05) is 0 Å². The average Bonchev–Trinajstić information content (AvgIpc) is 2.61. The number of methoxy groups -OCH3 is 1. The van der Waals surface area contributed by atoms with Crippen LogP contribution < -0.4 is 16.2 Å². The zero-order chi connectivity index (χ0) is 18.1. The molecule has 0 spiro atoms. The number of hydrogen-bond donors (Lipinski definition) is 2. The second-order valence-corrected chi connectivity index (χ2v) is 5.49. The average molecular weight is 346 g/mol. The number of fused-ring (bicyclic) bond motifs is 1. The van der Waals surface area contributed by atoms with E-state index in [4.69, 9.17) is 4.74 Å². The molecule has 8 nitrogen and oxygen atoms in total. The van der Waals surface area contributed by atoms with Crippen molar-refractivity contribution in [3.63, 3.8) is 0 Å². The first-order chi connectivity index (χ1) is 12.1. The first kappa shape index (κ1) is 18.6. The maximum Gasteiger partial charge on any atom is 0.261 e. The topological polar surface area (TPSA) is 102 Å². The van der Waals surface area contributed by atoms with Crippen LogP contribution in [0, 0.1) is 0 Å². The van der Waals surface area contributed by atoms with Gasteiger partial charge in [-0.2, -0.15) is 0 Å². The Bertz CT molecular complexity index is 788. The molecule has 0 aliphatic heterocycles. The lowest BCUT2D eigenvalue weighted by Gasteiger charge is -2.08. The van der Waals surface area contributed by atoms with Gasteiger partial charge >= 0.3 is 0 Å². The summed E-state index contributed by atoms with van der Waals surface area (Å²) in [6, 6.07) is 6.96. The summed E-state index contributed by atoms with van der Waals surface area (Å²) < 4.78 is 6.14. The standard InChI is InChI=1S/C17H22N4O4/c1-25-10-4-8-18-15(22)7-9-19-16(23)11-21-12-20-14-6-3-2-5-13(14)17(21)24/h2-3,5-6,12H,4,7-11H2,1H3,(H,18,22)(H,19,23). The van der Waals surface area contributed by atoms with E-state index in [1.54, 1.807) is 31.4 Å². The molecule has 134 valence electrons. The molecular weight excluding hydrogens is 324 g/mol. The van der Waals surface area contributed by atoms with Crippen LogP contribution in [0.1, 0.15) is 12.8 Å². The summed E-state index contributed by atoms with van der Waals surface area (Å²) in [6.45, 7) is 1.21. The highest BCUT2D eigenvalue weighted by molar-refractivity contribution is 5.80. The van der Waals surface area contributed by atoms with Gasteiger partial charge in [-0.1, -0.05) is 12.1 Å². The number of aromatic nitrogens is 2. The fourth-order valence-corrected chi connectivity index (χ4v) is 2.28. The van der Waals surface area contributed by atoms with Gasteiger partial charge in [0.2, 0.25) is 11.8 Å². The minimum Gasteiger partial charge on any atom is -0.385 e. The molecule has 2 amide bonds. The number of ether oxygens (including phenoxy) is 1. The van der Waals surface area contributed by atoms with Crippen molar-refractivity contribution in [3.05, 3.63) is 40.9 Å². The SMILES string of the molecule is COCCCNC(=O)CCNC(=O)Cn1cnc2ccccc2c1=O. The van der Waals surface area contributed by atoms with Crippen molar-refractivity contribution in [2.75, 3.05) is 26.8 Å². The van der Waals surface area contributed by atoms with Gasteiger partial charge < -0.3 is 15.4 Å². The molecule has 0 saturated heterocycles. The van der Waals surface area contributed by atoms with Crippen LogP contribution in [0.4, 0.5) is 0 Å². The Morgan fingerprint density at radius 1 is 1.16 bits per heavy atom. The third kappa shape index (κ3) is 5.68. The summed E-state index contributed by atoms with van der Waals surface area (Å²) in [4.78, 5) is 40.0. The van der Waals surface area contributed by atoms with E-state index in [0.29, 0.717) is 24.1 Å². The molecule has 1 aromatic carbocycles. The van der Waals surface area contributed by atoms with E-state index in [9.17, 15) is 14.4 Å². The molecular formula is C17H22N4O4. The highest BCUT2D eigenvalue weighted by Crippen LogP contribution is 2.04. The lowest BCUT2D eigenvalue weighted by Crippen LogP contribution is -2.35. The molecule has 1 heterocycles. The van der Waals surface area contributed by atoms with Gasteiger partial charge in [-0.15, -0.1) is 0 Å². The maximum atomic E-state index is 12.3. The first-order valence-electron chi connectivity index (χ1n) is 8.08. The predicted octanol–water partition coefficient (Wildman–Crippen LogP) is 0.0555. The predicted molar refractivity (Wildman–Crippen MR) is 93.1 cm³/mol. The third-order valence-corrected chi connectivity index (χ3v) is 3.57. The van der Waals surface area contributed by atoms with Gasteiger partial charge in [-0.3, -0.25) is 19.0 Å². The summed E-state index contributed by atoms with van der Waals surface area (Å²) in [6.07, 6.45) is 2.28. The van der Waals surface area contributed by atoms with E-state index in [1.165, 1.54) is 10.9 Å². The summed E-state index contributed by atoms with van der Waals surface area (Å²) in [5.74, 6) is -0.479. The number of nitrogens with zero attached hydrogens (tertiary/aromatic N) is 2. The molecule has 8 heteroatoms. The lowest BCUT2D eigenvalue weighted by molar-refractivity contribution is -0.122. The van der Waals surface area contributed by atoms with Crippen molar-refractivity contribution in [3.8, 4) is 0 Å². The number of amides is 2. The highest BCUT2D eigenvalue weighted by atomic mass is 16.5. The van der Waals surface area contributed by atoms with E-state index in [-0.39, 0.29) is 36.9 Å². The second kappa shape index (κ2) is 9.53. The van der Waals surface area contributed by atoms with Crippen LogP contribution in [-0.4, -0.2) is 48.2 Å². The molecule has 0 bridgehead atoms. The number of para-hydroxylation sites is 1. The zero-order valence-corrected chi connectivity index (χ0v) is 14.2. The Labute approximate surface area is 145 Å². The highest BCUT2D eigenvalue weighted by Gasteiger charge is 2.08. The third-order valence-electron chi connectivity index (χ3n) is 3.57. The minimum absolute atomic E-state index is 0.133. The van der Waals surface area contributed by atoms with Crippen LogP contribution in [-0.2, 0) is 20.9 Å². The van der Waals surface area contributed by atoms with E-state index in [2.05, 4.69) is 15.6 Å². The van der Waals surface area contributed by atoms with Crippen molar-refractivity contribution < 1.29 is 14.3 Å². The van der Waals surface area contributed by atoms with Gasteiger partial charge in [0.15, 0.2) is 0 Å². The lowest BCUT2D eigenvalue weighted by atomic mass is 10.2. The van der Waals surface area contributed by atoms with Gasteiger partial charge in [-0.05, 0) is 18.6 Å². The quantitative estimate of drug-likeness (QED) is 0.625. The molecule has 0 fully saturated rings. The number of hydrogen-bond acceptors (Lipinski definition) is 5. The minimum atomic E-state index is -0.341. The number of carbonyl (C=O) groups excluding carboxylic acids is 2. The number of rotatable bonds is 9. The smallest absolute Gasteiger partial charge is 0.261 e. The summed E-state index contributed by atoms with van der Waals surface area (Å²) >= 11 is 0. The van der Waals surface area contributed by atoms with Gasteiger partial charge in [0, 0.05) is 33.2 Å². The molecule has 2 aromatic rings. The normalized spacial score (nSPS) is 10.6. The Hall–Kier alpha value is -2.74. The van der Waals surface area contributed by atoms with Gasteiger partial charge in [0.25, 0.3) is 5.56 Å². The first-order valence-corrected chi connectivity index (χ1v) is 8.08. The fourth-order valence-electron chi connectivity index (χ4n) is 2.28. The summed E-state index contributed by atoms with van der Waals surface area (Å²) in [7, 11) is 1.60. The van der Waals surface area contributed by atoms with Crippen molar-refractivity contribution in [2.45, 2.75) is 19.4 Å². The van der Waals surface area contributed by atoms with Gasteiger partial charge in [-0.25, -0.2) is 4.98 Å². The molecule has 0 aliphatic rings. The Kier molecular flexibility index (Phi) is 7.09. The molecule has 2 rings (SSSR count). The molecule has 0 aliphatic carbocycles. The Morgan fingerprint density at radius 3 is 2.72 bits per heavy atom. The summed E-state index contributed by atoms with van der Waals surface area (Å²) in [5.41, 5.74) is 0.325. The van der Waals surface area contributed by atoms with Crippen LogP contribution in [0.15, 0.2) is 35.4 Å². The van der Waals surface area contributed by atoms with Crippen molar-refractivity contribution >= 4 is 22.7 Å². The van der Waals surface area contributed by atoms with Gasteiger partial charge in [0.05, 0.1) is 17.2 Å². The molecule has 1 aromatic heterocycles. The Balaban J connectivity index is 1.78. The van der Waals surface area contributed by atoms with E-state index in [0.717, 1.165) is 6.42 Å². The van der Waals surface area contributed by atoms with Crippen LogP contribution in [0.3, 0.4) is 0 Å². The fraction of sp³-hybridized carbons (Fsp3) is 0.412. The number of benzene rings is 1. The molecule has 0 saturated carbocycles. The second-order valence-electron chi connectivity index (χ2n) is 5.49. The monoisotopic (exact) mass is 346 g/mol. The van der Waals surface area contributed by atoms with Crippen LogP contribution >= 0.6 is 0 Å². The number of nitrogens with one attached hydrogen (secondary N) is 2. The van der Waals surface area contributed by atoms with E-state index >= 15 is 0 Å². The zero-order valence-electron chi connectivity index (χ0n) is 14.2. The van der Waals surface area contributed by atoms with E-state index < -0.39 is 0 Å². The molecule has 0 unspecified atom stereocenters. The molecule has 2 N–H and O–H groups in total.